The van der Waals surface area contributed by atoms with Crippen LogP contribution >= 0.6 is 0 Å². The van der Waals surface area contributed by atoms with Crippen LogP contribution in [-0.2, 0) is 6.18 Å². The number of fused-ring (bicyclic) bond motifs is 1. The maximum atomic E-state index is 13.8. The molecule has 1 heterocycles. The highest BCUT2D eigenvalue weighted by Crippen LogP contribution is 2.40. The van der Waals surface area contributed by atoms with Crippen LogP contribution in [0.15, 0.2) is 48.7 Å². The second-order valence-electron chi connectivity index (χ2n) is 8.27. The lowest BCUT2D eigenvalue weighted by Gasteiger charge is -2.27. The molecule has 3 rings (SSSR count). The van der Waals surface area contributed by atoms with Gasteiger partial charge in [-0.25, -0.2) is 4.39 Å². The van der Waals surface area contributed by atoms with Gasteiger partial charge in [0.15, 0.2) is 0 Å². The molecule has 0 spiro atoms. The van der Waals surface area contributed by atoms with Crippen LogP contribution in [0, 0.1) is 11.7 Å². The van der Waals surface area contributed by atoms with E-state index in [9.17, 15) is 17.6 Å². The van der Waals surface area contributed by atoms with Gasteiger partial charge < -0.3 is 10.5 Å². The maximum absolute atomic E-state index is 13.8. The third kappa shape index (κ3) is 5.08. The summed E-state index contributed by atoms with van der Waals surface area (Å²) in [5.74, 6) is -0.482. The van der Waals surface area contributed by atoms with Crippen LogP contribution in [0.25, 0.3) is 22.0 Å². The van der Waals surface area contributed by atoms with Crippen molar-refractivity contribution >= 4 is 10.9 Å². The van der Waals surface area contributed by atoms with Crippen molar-refractivity contribution in [3.8, 4) is 16.9 Å². The third-order valence-corrected chi connectivity index (χ3v) is 4.73. The summed E-state index contributed by atoms with van der Waals surface area (Å²) >= 11 is 0. The van der Waals surface area contributed by atoms with Crippen molar-refractivity contribution in [2.24, 2.45) is 11.7 Å². The van der Waals surface area contributed by atoms with Crippen molar-refractivity contribution in [3.05, 3.63) is 60.0 Å². The van der Waals surface area contributed by atoms with Gasteiger partial charge in [-0.1, -0.05) is 19.9 Å². The fourth-order valence-corrected chi connectivity index (χ4v) is 3.65. The number of ether oxygens (including phenoxy) is 1. The summed E-state index contributed by atoms with van der Waals surface area (Å²) in [6, 6.07) is 9.42. The highest BCUT2D eigenvalue weighted by atomic mass is 19.4. The highest BCUT2D eigenvalue weighted by molar-refractivity contribution is 5.94. The third-order valence-electron chi connectivity index (χ3n) is 4.73. The molecule has 1 aromatic heterocycles. The fraction of sp³-hybridized carbons (Fsp3) is 0.348. The molecule has 0 bridgehead atoms. The van der Waals surface area contributed by atoms with Crippen molar-refractivity contribution in [2.45, 2.75) is 38.9 Å². The Morgan fingerprint density at radius 2 is 1.80 bits per heavy atom. The molecular formula is C23H24F4N2O. The van der Waals surface area contributed by atoms with Gasteiger partial charge in [0.1, 0.15) is 18.2 Å². The van der Waals surface area contributed by atoms with Gasteiger partial charge in [0.05, 0.1) is 11.1 Å². The van der Waals surface area contributed by atoms with Crippen molar-refractivity contribution in [3.63, 3.8) is 0 Å². The van der Waals surface area contributed by atoms with Gasteiger partial charge in [-0.3, -0.25) is 4.98 Å². The molecule has 7 heteroatoms. The van der Waals surface area contributed by atoms with Gasteiger partial charge in [-0.05, 0) is 66.8 Å². The molecule has 160 valence electrons. The van der Waals surface area contributed by atoms with Gasteiger partial charge in [0.2, 0.25) is 0 Å². The number of aromatic nitrogens is 1. The second kappa shape index (κ2) is 8.22. The minimum Gasteiger partial charge on any atom is -0.491 e. The first-order valence-electron chi connectivity index (χ1n) is 9.64. The van der Waals surface area contributed by atoms with E-state index in [-0.39, 0.29) is 18.3 Å². The molecule has 3 nitrogen and oxygen atoms in total. The lowest BCUT2D eigenvalue weighted by atomic mass is 9.93. The molecule has 0 fully saturated rings. The average Bonchev–Trinajstić information content (AvgIpc) is 2.64. The Morgan fingerprint density at radius 3 is 2.47 bits per heavy atom. The van der Waals surface area contributed by atoms with Crippen LogP contribution in [0.1, 0.15) is 32.8 Å². The van der Waals surface area contributed by atoms with Gasteiger partial charge in [-0.2, -0.15) is 13.2 Å². The number of benzene rings is 2. The molecule has 0 aliphatic heterocycles. The number of nitrogens with two attached hydrogens (primary N) is 1. The van der Waals surface area contributed by atoms with Crippen LogP contribution in [0.4, 0.5) is 17.6 Å². The standard InChI is InChI=1S/C23H24F4N2O/c1-14(2)12-22(3,28)13-30-21-7-4-15(10-19(21)23(25,26)27)17-8-9-29-20-6-5-16(24)11-18(17)20/h4-11,14H,12-13,28H2,1-3H3/t22-/m0/s1. The summed E-state index contributed by atoms with van der Waals surface area (Å²) in [6.45, 7) is 5.69. The van der Waals surface area contributed by atoms with Crippen LogP contribution < -0.4 is 10.5 Å². The van der Waals surface area contributed by atoms with Gasteiger partial charge >= 0.3 is 6.18 Å². The van der Waals surface area contributed by atoms with E-state index in [2.05, 4.69) is 4.98 Å². The fourth-order valence-electron chi connectivity index (χ4n) is 3.65. The van der Waals surface area contributed by atoms with Crippen LogP contribution in [0.5, 0.6) is 5.75 Å². The molecule has 0 saturated carbocycles. The Bertz CT molecular complexity index is 1050. The number of halogens is 4. The molecule has 0 radical (unpaired) electrons. The highest BCUT2D eigenvalue weighted by Gasteiger charge is 2.35. The normalized spacial score (nSPS) is 14.2. The minimum atomic E-state index is -4.62. The SMILES string of the molecule is CC(C)C[C@](C)(N)COc1ccc(-c2ccnc3ccc(F)cc23)cc1C(F)(F)F. The molecule has 2 N–H and O–H groups in total. The lowest BCUT2D eigenvalue weighted by molar-refractivity contribution is -0.139. The zero-order chi connectivity index (χ0) is 22.1. The Morgan fingerprint density at radius 1 is 1.07 bits per heavy atom. The second-order valence-corrected chi connectivity index (χ2v) is 8.27. The summed E-state index contributed by atoms with van der Waals surface area (Å²) in [6.07, 6.45) is -2.53. The van der Waals surface area contributed by atoms with Crippen LogP contribution in [0.2, 0.25) is 0 Å². The van der Waals surface area contributed by atoms with E-state index in [0.717, 1.165) is 6.07 Å². The molecule has 1 atom stereocenters. The zero-order valence-electron chi connectivity index (χ0n) is 17.1. The van der Waals surface area contributed by atoms with Crippen molar-refractivity contribution in [1.82, 2.24) is 4.98 Å². The Balaban J connectivity index is 2.01. The predicted octanol–water partition coefficient (Wildman–Crippen LogP) is 6.20. The molecule has 0 unspecified atom stereocenters. The molecule has 3 aromatic rings. The minimum absolute atomic E-state index is 0.0446. The van der Waals surface area contributed by atoms with E-state index in [1.54, 1.807) is 13.0 Å². The van der Waals surface area contributed by atoms with E-state index < -0.39 is 23.1 Å². The Kier molecular flexibility index (Phi) is 6.04. The summed E-state index contributed by atoms with van der Waals surface area (Å²) in [7, 11) is 0. The van der Waals surface area contributed by atoms with Crippen LogP contribution in [-0.4, -0.2) is 17.1 Å². The average molecular weight is 420 g/mol. The quantitative estimate of drug-likeness (QED) is 0.483. The summed E-state index contributed by atoms with van der Waals surface area (Å²) in [5.41, 5.74) is 5.77. The molecule has 30 heavy (non-hydrogen) atoms. The number of rotatable bonds is 6. The molecular weight excluding hydrogens is 396 g/mol. The Hall–Kier alpha value is -2.67. The molecule has 0 aliphatic carbocycles. The lowest BCUT2D eigenvalue weighted by Crippen LogP contribution is -2.43. The van der Waals surface area contributed by atoms with Gasteiger partial charge in [0.25, 0.3) is 0 Å². The summed E-state index contributed by atoms with van der Waals surface area (Å²) in [4.78, 5) is 4.15. The number of pyridine rings is 1. The first-order chi connectivity index (χ1) is 14.0. The summed E-state index contributed by atoms with van der Waals surface area (Å²) in [5, 5.41) is 0.436. The van der Waals surface area contributed by atoms with E-state index in [1.807, 2.05) is 13.8 Å². The van der Waals surface area contributed by atoms with E-state index in [4.69, 9.17) is 10.5 Å². The number of alkyl halides is 3. The molecule has 0 amide bonds. The first kappa shape index (κ1) is 22.0. The van der Waals surface area contributed by atoms with Crippen molar-refractivity contribution in [2.75, 3.05) is 6.61 Å². The molecule has 0 saturated heterocycles. The van der Waals surface area contributed by atoms with E-state index in [1.165, 1.54) is 36.5 Å². The van der Waals surface area contributed by atoms with Crippen molar-refractivity contribution in [1.29, 1.82) is 0 Å². The monoisotopic (exact) mass is 420 g/mol. The van der Waals surface area contributed by atoms with Gasteiger partial charge in [-0.15, -0.1) is 0 Å². The van der Waals surface area contributed by atoms with Crippen LogP contribution in [0.3, 0.4) is 0 Å². The molecule has 0 aliphatic rings. The molecule has 2 aromatic carbocycles. The Labute approximate surface area is 172 Å². The van der Waals surface area contributed by atoms with E-state index in [0.29, 0.717) is 28.5 Å². The van der Waals surface area contributed by atoms with E-state index >= 15 is 0 Å². The number of hydrogen-bond donors (Lipinski definition) is 1. The summed E-state index contributed by atoms with van der Waals surface area (Å²) < 4.78 is 60.5. The topological polar surface area (TPSA) is 48.1 Å². The predicted molar refractivity (Wildman–Crippen MR) is 110 cm³/mol. The maximum Gasteiger partial charge on any atom is 0.419 e. The van der Waals surface area contributed by atoms with Crippen molar-refractivity contribution < 1.29 is 22.3 Å². The smallest absolute Gasteiger partial charge is 0.419 e. The van der Waals surface area contributed by atoms with Gasteiger partial charge in [0, 0.05) is 17.1 Å². The first-order valence-corrected chi connectivity index (χ1v) is 9.64. The zero-order valence-corrected chi connectivity index (χ0v) is 17.1. The number of hydrogen-bond acceptors (Lipinski definition) is 3. The number of nitrogens with zero attached hydrogens (tertiary/aromatic N) is 1. The largest absolute Gasteiger partial charge is 0.491 e.